The van der Waals surface area contributed by atoms with Crippen molar-refractivity contribution in [2.45, 2.75) is 45.6 Å². The molecule has 1 aliphatic heterocycles. The van der Waals surface area contributed by atoms with Crippen molar-refractivity contribution < 1.29 is 4.79 Å². The van der Waals surface area contributed by atoms with Gasteiger partial charge in [0.1, 0.15) is 0 Å². The zero-order valence-electron chi connectivity index (χ0n) is 12.1. The van der Waals surface area contributed by atoms with Crippen molar-refractivity contribution in [2.75, 3.05) is 26.2 Å². The molecule has 0 N–H and O–H groups in total. The second kappa shape index (κ2) is 6.38. The van der Waals surface area contributed by atoms with Crippen LogP contribution in [0.4, 0.5) is 0 Å². The Morgan fingerprint density at radius 2 is 1.74 bits per heavy atom. The molecule has 1 saturated carbocycles. The lowest BCUT2D eigenvalue weighted by Crippen LogP contribution is -2.52. The van der Waals surface area contributed by atoms with E-state index in [0.29, 0.717) is 5.91 Å². The van der Waals surface area contributed by atoms with Gasteiger partial charge in [-0.1, -0.05) is 6.92 Å². The summed E-state index contributed by atoms with van der Waals surface area (Å²) < 4.78 is 0. The van der Waals surface area contributed by atoms with Gasteiger partial charge in [-0.3, -0.25) is 9.69 Å². The van der Waals surface area contributed by atoms with Crippen LogP contribution in [0, 0.1) is 23.2 Å². The van der Waals surface area contributed by atoms with Crippen LogP contribution in [0.5, 0.6) is 0 Å². The molecule has 0 aromatic heterocycles. The summed E-state index contributed by atoms with van der Waals surface area (Å²) in [6.07, 6.45) is 4.52. The van der Waals surface area contributed by atoms with Gasteiger partial charge in [-0.25, -0.2) is 0 Å². The highest BCUT2D eigenvalue weighted by Crippen LogP contribution is 2.29. The molecular formula is C15H25N3O. The van der Waals surface area contributed by atoms with E-state index in [9.17, 15) is 4.79 Å². The summed E-state index contributed by atoms with van der Waals surface area (Å²) in [5.41, 5.74) is 0. The van der Waals surface area contributed by atoms with E-state index in [1.807, 2.05) is 11.8 Å². The van der Waals surface area contributed by atoms with Crippen LogP contribution in [0.15, 0.2) is 0 Å². The van der Waals surface area contributed by atoms with E-state index < -0.39 is 0 Å². The Kier molecular flexibility index (Phi) is 4.81. The fourth-order valence-corrected chi connectivity index (χ4v) is 3.18. The van der Waals surface area contributed by atoms with E-state index in [0.717, 1.165) is 44.9 Å². The summed E-state index contributed by atoms with van der Waals surface area (Å²) in [4.78, 5) is 16.6. The summed E-state index contributed by atoms with van der Waals surface area (Å²) in [5, 5.41) is 8.92. The maximum Gasteiger partial charge on any atom is 0.225 e. The number of rotatable bonds is 2. The minimum atomic E-state index is -0.0345. The third-order valence-electron chi connectivity index (χ3n) is 4.73. The summed E-state index contributed by atoms with van der Waals surface area (Å²) in [6, 6.07) is 2.23. The monoisotopic (exact) mass is 263 g/mol. The Balaban J connectivity index is 1.81. The molecule has 0 radical (unpaired) electrons. The van der Waals surface area contributed by atoms with Gasteiger partial charge in [0.25, 0.3) is 0 Å². The summed E-state index contributed by atoms with van der Waals surface area (Å²) >= 11 is 0. The van der Waals surface area contributed by atoms with Gasteiger partial charge < -0.3 is 4.90 Å². The molecule has 1 amide bonds. The molecule has 4 heteroatoms. The molecule has 2 rings (SSSR count). The van der Waals surface area contributed by atoms with Crippen molar-refractivity contribution in [3.05, 3.63) is 0 Å². The number of amides is 1. The SMILES string of the molecule is CC1CCC(C(=O)N2CCN(C(C)C#N)CC2)CC1. The van der Waals surface area contributed by atoms with Crippen LogP contribution >= 0.6 is 0 Å². The van der Waals surface area contributed by atoms with Crippen LogP contribution in [0.25, 0.3) is 0 Å². The van der Waals surface area contributed by atoms with Gasteiger partial charge in [0.05, 0.1) is 12.1 Å². The Morgan fingerprint density at radius 1 is 1.16 bits per heavy atom. The second-order valence-corrected chi connectivity index (χ2v) is 6.12. The van der Waals surface area contributed by atoms with Gasteiger partial charge in [0.15, 0.2) is 0 Å². The van der Waals surface area contributed by atoms with E-state index in [1.54, 1.807) is 0 Å². The Morgan fingerprint density at radius 3 is 2.26 bits per heavy atom. The maximum atomic E-state index is 12.4. The van der Waals surface area contributed by atoms with Crippen LogP contribution in [-0.4, -0.2) is 47.9 Å². The van der Waals surface area contributed by atoms with Crippen LogP contribution < -0.4 is 0 Å². The summed E-state index contributed by atoms with van der Waals surface area (Å²) in [6.45, 7) is 7.46. The van der Waals surface area contributed by atoms with Crippen LogP contribution in [0.3, 0.4) is 0 Å². The molecule has 1 heterocycles. The molecule has 1 unspecified atom stereocenters. The first-order valence-electron chi connectivity index (χ1n) is 7.54. The average molecular weight is 263 g/mol. The zero-order chi connectivity index (χ0) is 13.8. The molecule has 0 bridgehead atoms. The third-order valence-corrected chi connectivity index (χ3v) is 4.73. The van der Waals surface area contributed by atoms with Crippen molar-refractivity contribution in [1.82, 2.24) is 9.80 Å². The number of piperazine rings is 1. The molecule has 19 heavy (non-hydrogen) atoms. The van der Waals surface area contributed by atoms with E-state index in [2.05, 4.69) is 17.9 Å². The Labute approximate surface area is 116 Å². The second-order valence-electron chi connectivity index (χ2n) is 6.12. The highest BCUT2D eigenvalue weighted by Gasteiger charge is 2.30. The van der Waals surface area contributed by atoms with Crippen LogP contribution in [0.1, 0.15) is 39.5 Å². The lowest BCUT2D eigenvalue weighted by Gasteiger charge is -2.38. The predicted octanol–water partition coefficient (Wildman–Crippen LogP) is 1.87. The molecule has 0 aromatic rings. The smallest absolute Gasteiger partial charge is 0.225 e. The van der Waals surface area contributed by atoms with E-state index >= 15 is 0 Å². The quantitative estimate of drug-likeness (QED) is 0.764. The normalized spacial score (nSPS) is 30.7. The molecule has 1 atom stereocenters. The van der Waals surface area contributed by atoms with E-state index in [1.165, 1.54) is 12.8 Å². The summed E-state index contributed by atoms with van der Waals surface area (Å²) in [7, 11) is 0. The van der Waals surface area contributed by atoms with E-state index in [-0.39, 0.29) is 12.0 Å². The lowest BCUT2D eigenvalue weighted by atomic mass is 9.82. The van der Waals surface area contributed by atoms with Crippen molar-refractivity contribution in [1.29, 1.82) is 5.26 Å². The van der Waals surface area contributed by atoms with Gasteiger partial charge in [-0.2, -0.15) is 5.26 Å². The van der Waals surface area contributed by atoms with Crippen molar-refractivity contribution in [2.24, 2.45) is 11.8 Å². The molecule has 106 valence electrons. The number of hydrogen-bond acceptors (Lipinski definition) is 3. The fraction of sp³-hybridized carbons (Fsp3) is 0.867. The standard InChI is InChI=1S/C15H25N3O/c1-12-3-5-14(6-4-12)15(19)18-9-7-17(8-10-18)13(2)11-16/h12-14H,3-10H2,1-2H3. The summed E-state index contributed by atoms with van der Waals surface area (Å²) in [5.74, 6) is 1.41. The van der Waals surface area contributed by atoms with Gasteiger partial charge in [0, 0.05) is 32.1 Å². The first kappa shape index (κ1) is 14.3. The maximum absolute atomic E-state index is 12.4. The first-order chi connectivity index (χ1) is 9.11. The van der Waals surface area contributed by atoms with Gasteiger partial charge in [-0.15, -0.1) is 0 Å². The van der Waals surface area contributed by atoms with Crippen LogP contribution in [-0.2, 0) is 4.79 Å². The molecule has 1 aliphatic carbocycles. The first-order valence-corrected chi connectivity index (χ1v) is 7.54. The zero-order valence-corrected chi connectivity index (χ0v) is 12.1. The minimum Gasteiger partial charge on any atom is -0.340 e. The molecule has 0 spiro atoms. The number of hydrogen-bond donors (Lipinski definition) is 0. The molecule has 4 nitrogen and oxygen atoms in total. The predicted molar refractivity (Wildman–Crippen MR) is 74.4 cm³/mol. The fourth-order valence-electron chi connectivity index (χ4n) is 3.18. The van der Waals surface area contributed by atoms with Gasteiger partial charge in [-0.05, 0) is 38.5 Å². The minimum absolute atomic E-state index is 0.0345. The topological polar surface area (TPSA) is 47.3 Å². The number of carbonyl (C=O) groups is 1. The van der Waals surface area contributed by atoms with Crippen molar-refractivity contribution in [3.63, 3.8) is 0 Å². The Bertz CT molecular complexity index is 347. The largest absolute Gasteiger partial charge is 0.340 e. The van der Waals surface area contributed by atoms with Gasteiger partial charge >= 0.3 is 0 Å². The highest BCUT2D eigenvalue weighted by molar-refractivity contribution is 5.79. The number of nitrogens with zero attached hydrogens (tertiary/aromatic N) is 3. The average Bonchev–Trinajstić information content (AvgIpc) is 2.46. The third kappa shape index (κ3) is 3.48. The van der Waals surface area contributed by atoms with E-state index in [4.69, 9.17) is 5.26 Å². The molecule has 2 aliphatic rings. The van der Waals surface area contributed by atoms with Gasteiger partial charge in [0.2, 0.25) is 5.91 Å². The molecule has 0 aromatic carbocycles. The molecule has 2 fully saturated rings. The molecule has 1 saturated heterocycles. The van der Waals surface area contributed by atoms with Crippen LogP contribution in [0.2, 0.25) is 0 Å². The molecular weight excluding hydrogens is 238 g/mol. The number of carbonyl (C=O) groups excluding carboxylic acids is 1. The lowest BCUT2D eigenvalue weighted by molar-refractivity contribution is -0.138. The van der Waals surface area contributed by atoms with Crippen molar-refractivity contribution >= 4 is 5.91 Å². The highest BCUT2D eigenvalue weighted by atomic mass is 16.2. The number of nitriles is 1. The Hall–Kier alpha value is -1.08. The van der Waals surface area contributed by atoms with Crippen molar-refractivity contribution in [3.8, 4) is 6.07 Å².